The van der Waals surface area contributed by atoms with Gasteiger partial charge in [-0.15, -0.1) is 0 Å². The molecule has 0 saturated carbocycles. The largest absolute Gasteiger partial charge is 0.444 e. The second-order valence-corrected chi connectivity index (χ2v) is 18.0. The Kier molecular flexibility index (Phi) is 26.1. The molecule has 2 heterocycles. The molecule has 0 spiro atoms. The molecule has 0 aliphatic heterocycles. The van der Waals surface area contributed by atoms with Crippen LogP contribution in [-0.2, 0) is 54.4 Å². The molecule has 4 atom stereocenters. The number of amides is 6. The number of carbonyl (C=O) groups excluding carboxylic acids is 10. The quantitative estimate of drug-likeness (QED) is 0.0127. The summed E-state index contributed by atoms with van der Waals surface area (Å²) in [6, 6.07) is 4.16. The number of hydrogen-bond acceptors (Lipinski definition) is 22. The van der Waals surface area contributed by atoms with Gasteiger partial charge in [-0.25, -0.2) is 25.2 Å². The van der Waals surface area contributed by atoms with Gasteiger partial charge in [-0.1, -0.05) is 0 Å². The minimum absolute atomic E-state index is 0.00487. The zero-order valence-corrected chi connectivity index (χ0v) is 43.1. The molecule has 0 radical (unpaired) electrons. The average molecular weight is 1070 g/mol. The summed E-state index contributed by atoms with van der Waals surface area (Å²) in [5.41, 5.74) is 19.7. The Morgan fingerprint density at radius 3 is 1.93 bits per heavy atom. The van der Waals surface area contributed by atoms with Crippen LogP contribution < -0.4 is 38.1 Å². The number of ether oxygens (including phenoxy) is 1. The minimum Gasteiger partial charge on any atom is -0.444 e. The standard InChI is InChI=1S/C48H70N14O14/c1-29(64)60(73)22-6-9-33(25-40(69)38(12-8-24-62(75)31(3)66)55-47(72)37(49)11-7-23-61(74)30(2)65)39(68)18-19-41(70)52-21-5-10-36(67)17-20-42(76-28-63)56-46(71)32-13-15-35(16-14-32)59(4)27-34-26-53-45-43(54-34)44(50)57-48(51)58-45/h13-16,26,28,33,37-38,42,73-75H,5-12,17-25,27,49H2,1-4H3,(H,52,70)(H,55,72)(H,56,71)(H4,50,51,53,57,58)/t33-,37+,38+,42+/m1/s1. The molecule has 0 aliphatic carbocycles. The highest BCUT2D eigenvalue weighted by Gasteiger charge is 2.29. The van der Waals surface area contributed by atoms with Crippen molar-refractivity contribution >= 4 is 87.9 Å². The third kappa shape index (κ3) is 21.9. The molecule has 76 heavy (non-hydrogen) atoms. The van der Waals surface area contributed by atoms with Crippen molar-refractivity contribution in [1.82, 2.24) is 51.1 Å². The molecule has 1 aromatic carbocycles. The van der Waals surface area contributed by atoms with E-state index in [1.807, 2.05) is 11.9 Å². The molecule has 0 fully saturated rings. The first kappa shape index (κ1) is 62.5. The molecule has 416 valence electrons. The summed E-state index contributed by atoms with van der Waals surface area (Å²) in [4.78, 5) is 143. The van der Waals surface area contributed by atoms with Gasteiger partial charge in [-0.3, -0.25) is 63.6 Å². The Balaban J connectivity index is 1.50. The van der Waals surface area contributed by atoms with Gasteiger partial charge in [0.05, 0.1) is 30.5 Å². The number of aromatic nitrogens is 4. The summed E-state index contributed by atoms with van der Waals surface area (Å²) >= 11 is 0. The number of anilines is 3. The first-order valence-corrected chi connectivity index (χ1v) is 24.6. The van der Waals surface area contributed by atoms with E-state index in [2.05, 4.69) is 35.9 Å². The van der Waals surface area contributed by atoms with Crippen LogP contribution in [0.4, 0.5) is 17.5 Å². The number of nitrogen functional groups attached to an aromatic ring is 2. The van der Waals surface area contributed by atoms with Crippen molar-refractivity contribution in [3.05, 3.63) is 41.7 Å². The van der Waals surface area contributed by atoms with Crippen molar-refractivity contribution in [3.8, 4) is 0 Å². The molecule has 0 bridgehead atoms. The molecule has 0 saturated heterocycles. The van der Waals surface area contributed by atoms with E-state index in [0.717, 1.165) is 26.5 Å². The molecule has 0 aliphatic rings. The Hall–Kier alpha value is -7.82. The highest BCUT2D eigenvalue weighted by Crippen LogP contribution is 2.21. The van der Waals surface area contributed by atoms with Gasteiger partial charge in [0.2, 0.25) is 35.5 Å². The number of hydroxylamine groups is 6. The highest BCUT2D eigenvalue weighted by molar-refractivity contribution is 5.95. The van der Waals surface area contributed by atoms with Crippen molar-refractivity contribution in [2.75, 3.05) is 49.6 Å². The fourth-order valence-electron chi connectivity index (χ4n) is 7.54. The van der Waals surface area contributed by atoms with Crippen molar-refractivity contribution in [2.24, 2.45) is 11.7 Å². The minimum atomic E-state index is -1.23. The second kappa shape index (κ2) is 31.8. The maximum Gasteiger partial charge on any atom is 0.295 e. The Labute approximate surface area is 438 Å². The lowest BCUT2D eigenvalue weighted by Crippen LogP contribution is -2.49. The van der Waals surface area contributed by atoms with Crippen molar-refractivity contribution in [1.29, 1.82) is 0 Å². The summed E-state index contributed by atoms with van der Waals surface area (Å²) < 4.78 is 5.03. The Morgan fingerprint density at radius 2 is 1.33 bits per heavy atom. The summed E-state index contributed by atoms with van der Waals surface area (Å²) in [5.74, 6) is -6.04. The van der Waals surface area contributed by atoms with Crippen LogP contribution in [0.5, 0.6) is 0 Å². The number of nitrogens with one attached hydrogen (secondary N) is 3. The maximum absolute atomic E-state index is 13.8. The van der Waals surface area contributed by atoms with E-state index in [0.29, 0.717) is 32.9 Å². The number of benzene rings is 1. The number of ketones is 3. The molecular formula is C48H70N14O14. The third-order valence-corrected chi connectivity index (χ3v) is 11.9. The van der Waals surface area contributed by atoms with Crippen LogP contribution in [0.25, 0.3) is 11.2 Å². The lowest BCUT2D eigenvalue weighted by Gasteiger charge is -2.24. The number of nitrogens with two attached hydrogens (primary N) is 3. The average Bonchev–Trinajstić information content (AvgIpc) is 3.37. The number of rotatable bonds is 35. The number of hydrogen-bond donors (Lipinski definition) is 9. The molecule has 6 amide bonds. The first-order valence-electron chi connectivity index (χ1n) is 24.6. The molecule has 28 heteroatoms. The van der Waals surface area contributed by atoms with Gasteiger partial charge in [0.25, 0.3) is 12.4 Å². The highest BCUT2D eigenvalue weighted by atomic mass is 16.5. The predicted molar refractivity (Wildman–Crippen MR) is 270 cm³/mol. The lowest BCUT2D eigenvalue weighted by molar-refractivity contribution is -0.163. The molecule has 3 aromatic rings. The van der Waals surface area contributed by atoms with Crippen LogP contribution in [-0.4, -0.2) is 162 Å². The van der Waals surface area contributed by atoms with Crippen LogP contribution in [0.3, 0.4) is 0 Å². The molecular weight excluding hydrogens is 997 g/mol. The summed E-state index contributed by atoms with van der Waals surface area (Å²) in [5, 5.41) is 38.6. The predicted octanol–water partition coefficient (Wildman–Crippen LogP) is 0.486. The van der Waals surface area contributed by atoms with Gasteiger partial charge in [-0.05, 0) is 69.2 Å². The van der Waals surface area contributed by atoms with E-state index in [9.17, 15) is 63.6 Å². The summed E-state index contributed by atoms with van der Waals surface area (Å²) in [6.07, 6.45) is -0.236. The number of fused-ring (bicyclic) bond motifs is 1. The van der Waals surface area contributed by atoms with Crippen LogP contribution in [0.1, 0.15) is 120 Å². The molecule has 12 N–H and O–H groups in total. The van der Waals surface area contributed by atoms with Crippen LogP contribution in [0, 0.1) is 5.92 Å². The molecule has 3 rings (SSSR count). The van der Waals surface area contributed by atoms with Crippen LogP contribution in [0.15, 0.2) is 30.5 Å². The topological polar surface area (TPSA) is 419 Å². The van der Waals surface area contributed by atoms with E-state index in [4.69, 9.17) is 21.9 Å². The molecule has 28 nitrogen and oxygen atoms in total. The van der Waals surface area contributed by atoms with Gasteiger partial charge >= 0.3 is 0 Å². The van der Waals surface area contributed by atoms with E-state index in [-0.39, 0.29) is 138 Å². The van der Waals surface area contributed by atoms with Crippen molar-refractivity contribution in [2.45, 2.75) is 129 Å². The van der Waals surface area contributed by atoms with Crippen molar-refractivity contribution in [3.63, 3.8) is 0 Å². The van der Waals surface area contributed by atoms with Gasteiger partial charge in [-0.2, -0.15) is 9.97 Å². The SMILES string of the molecule is CC(=O)N(O)CCC[C@H](CC(=O)[C@H](CCCN(O)C(C)=O)NC(=O)[C@@H](N)CCCN(O)C(C)=O)C(=O)CCC(=O)NCCCC(=O)CC[C@@H](NC(=O)c1ccc(N(C)Cc2cnc3nc(N)nc(N)c3n2)cc1)OC=O. The Bertz CT molecular complexity index is 2500. The van der Waals surface area contributed by atoms with Gasteiger partial charge < -0.3 is 42.8 Å². The van der Waals surface area contributed by atoms with Crippen molar-refractivity contribution < 1.29 is 68.3 Å². The van der Waals surface area contributed by atoms with E-state index >= 15 is 0 Å². The van der Waals surface area contributed by atoms with Gasteiger partial charge in [0.1, 0.15) is 11.6 Å². The fourth-order valence-corrected chi connectivity index (χ4v) is 7.54. The first-order chi connectivity index (χ1) is 36.0. The van der Waals surface area contributed by atoms with E-state index in [1.165, 1.54) is 6.20 Å². The molecule has 0 unspecified atom stereocenters. The van der Waals surface area contributed by atoms with Gasteiger partial charge in [0, 0.05) is 110 Å². The number of carbonyl (C=O) groups is 10. The molecule has 2 aromatic heterocycles. The maximum atomic E-state index is 13.8. The normalized spacial score (nSPS) is 12.5. The zero-order valence-electron chi connectivity index (χ0n) is 43.1. The lowest BCUT2D eigenvalue weighted by atomic mass is 9.87. The van der Waals surface area contributed by atoms with E-state index in [1.54, 1.807) is 24.3 Å². The monoisotopic (exact) mass is 1070 g/mol. The van der Waals surface area contributed by atoms with E-state index < -0.39 is 77.7 Å². The second-order valence-electron chi connectivity index (χ2n) is 18.0. The summed E-state index contributed by atoms with van der Waals surface area (Å²) in [6.45, 7) is 3.49. The smallest absolute Gasteiger partial charge is 0.295 e. The fraction of sp³-hybridized carbons (Fsp3) is 0.542. The van der Waals surface area contributed by atoms with Crippen LogP contribution in [0.2, 0.25) is 0 Å². The third-order valence-electron chi connectivity index (χ3n) is 11.9. The Morgan fingerprint density at radius 1 is 0.724 bits per heavy atom. The van der Waals surface area contributed by atoms with Gasteiger partial charge in [0.15, 0.2) is 29.0 Å². The zero-order chi connectivity index (χ0) is 56.5. The number of Topliss-reactive ketones (excluding diaryl/α,β-unsaturated/α-hetero) is 3. The summed E-state index contributed by atoms with van der Waals surface area (Å²) in [7, 11) is 1.81. The number of nitrogens with zero attached hydrogens (tertiary/aromatic N) is 8. The van der Waals surface area contributed by atoms with Crippen LogP contribution >= 0.6 is 0 Å².